The molecule has 0 aliphatic carbocycles. The van der Waals surface area contributed by atoms with Gasteiger partial charge in [-0.2, -0.15) is 5.10 Å². The number of aromatic amines is 1. The van der Waals surface area contributed by atoms with Crippen LogP contribution in [0, 0.1) is 0 Å². The van der Waals surface area contributed by atoms with Gasteiger partial charge in [0.25, 0.3) is 5.91 Å². The minimum atomic E-state index is -0.363. The average molecular weight is 431 g/mol. The first kappa shape index (κ1) is 18.5. The van der Waals surface area contributed by atoms with E-state index in [1.165, 1.54) is 16.6 Å². The number of fused-ring (bicyclic) bond motifs is 2. The van der Waals surface area contributed by atoms with Crippen LogP contribution in [-0.2, 0) is 16.8 Å². The lowest BCUT2D eigenvalue weighted by Gasteiger charge is -2.44. The quantitative estimate of drug-likeness (QED) is 0.646. The highest BCUT2D eigenvalue weighted by Gasteiger charge is 2.43. The Bertz CT molecular complexity index is 1060. The fourth-order valence-electron chi connectivity index (χ4n) is 4.07. The molecule has 150 valence electrons. The largest absolute Gasteiger partial charge is 0.382 e. The predicted molar refractivity (Wildman–Crippen MR) is 110 cm³/mol. The number of piperidine rings is 1. The lowest BCUT2D eigenvalue weighted by molar-refractivity contribution is -0.0926. The molecule has 0 unspecified atom stereocenters. The highest BCUT2D eigenvalue weighted by atomic mass is 35.5. The molecule has 5 rings (SSSR count). The van der Waals surface area contributed by atoms with Gasteiger partial charge >= 0.3 is 0 Å². The van der Waals surface area contributed by atoms with E-state index < -0.39 is 0 Å². The summed E-state index contributed by atoms with van der Waals surface area (Å²) in [6.45, 7) is 1.88. The normalized spacial score (nSPS) is 18.0. The molecule has 10 heteroatoms. The summed E-state index contributed by atoms with van der Waals surface area (Å²) in [6.07, 6.45) is 7.09. The third-order valence-electron chi connectivity index (χ3n) is 5.60. The van der Waals surface area contributed by atoms with Crippen molar-refractivity contribution >= 4 is 34.7 Å². The molecule has 0 atom stereocenters. The number of anilines is 1. The number of nitrogens with zero attached hydrogens (tertiary/aromatic N) is 4. The van der Waals surface area contributed by atoms with Gasteiger partial charge in [-0.15, -0.1) is 11.3 Å². The van der Waals surface area contributed by atoms with Gasteiger partial charge in [0, 0.05) is 24.4 Å². The second kappa shape index (κ2) is 7.08. The van der Waals surface area contributed by atoms with Gasteiger partial charge in [-0.05, 0) is 24.5 Å². The molecule has 5 heterocycles. The average Bonchev–Trinajstić information content (AvgIpc) is 3.36. The summed E-state index contributed by atoms with van der Waals surface area (Å²) in [5.41, 5.74) is 7.67. The molecule has 1 amide bonds. The van der Waals surface area contributed by atoms with E-state index in [4.69, 9.17) is 22.1 Å². The lowest BCUT2D eigenvalue weighted by atomic mass is 9.82. The van der Waals surface area contributed by atoms with Crippen LogP contribution in [-0.4, -0.2) is 50.7 Å². The summed E-state index contributed by atoms with van der Waals surface area (Å²) >= 11 is 7.78. The van der Waals surface area contributed by atoms with Crippen LogP contribution in [0.5, 0.6) is 0 Å². The van der Waals surface area contributed by atoms with Crippen molar-refractivity contribution in [3.63, 3.8) is 0 Å². The summed E-state index contributed by atoms with van der Waals surface area (Å²) in [6, 6.07) is 2.17. The monoisotopic (exact) mass is 430 g/mol. The number of hydrogen-bond acceptors (Lipinski definition) is 7. The number of amides is 1. The Balaban J connectivity index is 1.39. The summed E-state index contributed by atoms with van der Waals surface area (Å²) in [4.78, 5) is 25.5. The molecule has 29 heavy (non-hydrogen) atoms. The Morgan fingerprint density at radius 1 is 1.28 bits per heavy atom. The molecule has 1 spiro atoms. The first-order valence-corrected chi connectivity index (χ1v) is 10.6. The second-order valence-electron chi connectivity index (χ2n) is 7.25. The number of nitrogens with one attached hydrogen (secondary N) is 1. The topological polar surface area (TPSA) is 110 Å². The number of carbonyl (C=O) groups is 1. The van der Waals surface area contributed by atoms with Crippen LogP contribution in [0.1, 0.15) is 33.8 Å². The van der Waals surface area contributed by atoms with Crippen LogP contribution in [0.2, 0.25) is 5.02 Å². The number of carbonyl (C=O) groups excluding carboxylic acids is 1. The van der Waals surface area contributed by atoms with Crippen LogP contribution in [0.4, 0.5) is 5.82 Å². The number of rotatable bonds is 2. The zero-order valence-corrected chi connectivity index (χ0v) is 17.1. The highest BCUT2D eigenvalue weighted by molar-refractivity contribution is 7.15. The molecule has 3 aromatic rings. The highest BCUT2D eigenvalue weighted by Crippen LogP contribution is 2.46. The predicted octanol–water partition coefficient (Wildman–Crippen LogP) is 2.87. The van der Waals surface area contributed by atoms with Gasteiger partial charge in [-0.25, -0.2) is 9.97 Å². The molecular formula is C19H19ClN6O2S. The van der Waals surface area contributed by atoms with E-state index in [1.807, 2.05) is 0 Å². The van der Waals surface area contributed by atoms with Crippen molar-refractivity contribution in [2.45, 2.75) is 24.9 Å². The van der Waals surface area contributed by atoms with E-state index in [2.05, 4.69) is 26.2 Å². The van der Waals surface area contributed by atoms with E-state index >= 15 is 0 Å². The van der Waals surface area contributed by atoms with Crippen LogP contribution in [0.15, 0.2) is 24.7 Å². The van der Waals surface area contributed by atoms with E-state index in [0.717, 1.165) is 29.8 Å². The van der Waals surface area contributed by atoms with E-state index in [9.17, 15) is 4.79 Å². The third-order valence-corrected chi connectivity index (χ3v) is 7.10. The standard InChI is InChI=1S/C19H19ClN6O2S/c20-12-8-24-25-17(12)18(27)26-4-2-19(3-5-26)11-7-15(29-14(11)1-6-28-19)13-9-23-16(21)10-22-13/h7-10H,1-6H2,(H2,21,23)(H,24,25). The summed E-state index contributed by atoms with van der Waals surface area (Å²) in [5, 5.41) is 6.88. The SMILES string of the molecule is Nc1cnc(-c2cc3c(s2)CCOC32CCN(C(=O)c3[nH]ncc3Cl)CC2)cn1. The number of nitrogen functional groups attached to an aromatic ring is 1. The van der Waals surface area contributed by atoms with Gasteiger partial charge in [0.05, 0.1) is 46.4 Å². The van der Waals surface area contributed by atoms with Gasteiger partial charge in [-0.3, -0.25) is 9.89 Å². The van der Waals surface area contributed by atoms with Gasteiger partial charge in [-0.1, -0.05) is 11.6 Å². The Kier molecular flexibility index (Phi) is 4.53. The number of hydrogen-bond donors (Lipinski definition) is 2. The van der Waals surface area contributed by atoms with Gasteiger partial charge in [0.15, 0.2) is 0 Å². The molecule has 2 aliphatic rings. The number of H-pyrrole nitrogens is 1. The zero-order valence-electron chi connectivity index (χ0n) is 15.5. The van der Waals surface area contributed by atoms with E-state index in [1.54, 1.807) is 28.6 Å². The summed E-state index contributed by atoms with van der Waals surface area (Å²) in [5.74, 6) is 0.283. The molecule has 2 aliphatic heterocycles. The minimum absolute atomic E-state index is 0.124. The van der Waals surface area contributed by atoms with Crippen molar-refractivity contribution in [3.8, 4) is 10.6 Å². The van der Waals surface area contributed by atoms with Crippen LogP contribution in [0.25, 0.3) is 10.6 Å². The van der Waals surface area contributed by atoms with Gasteiger partial charge < -0.3 is 15.4 Å². The first-order chi connectivity index (χ1) is 14.1. The number of halogens is 1. The van der Waals surface area contributed by atoms with Crippen molar-refractivity contribution in [3.05, 3.63) is 45.8 Å². The number of thiophene rings is 1. The fraction of sp³-hybridized carbons (Fsp3) is 0.368. The Labute approximate surface area is 176 Å². The van der Waals surface area contributed by atoms with E-state index in [0.29, 0.717) is 36.2 Å². The maximum absolute atomic E-state index is 12.7. The Morgan fingerprint density at radius 3 is 2.79 bits per heavy atom. The molecule has 8 nitrogen and oxygen atoms in total. The molecule has 1 fully saturated rings. The number of nitrogens with two attached hydrogens (primary N) is 1. The fourth-order valence-corrected chi connectivity index (χ4v) is 5.44. The maximum Gasteiger partial charge on any atom is 0.273 e. The van der Waals surface area contributed by atoms with Gasteiger partial charge in [0.2, 0.25) is 0 Å². The summed E-state index contributed by atoms with van der Waals surface area (Å²) in [7, 11) is 0. The van der Waals surface area contributed by atoms with Crippen molar-refractivity contribution in [2.24, 2.45) is 0 Å². The third kappa shape index (κ3) is 3.19. The zero-order chi connectivity index (χ0) is 20.0. The van der Waals surface area contributed by atoms with Crippen molar-refractivity contribution in [1.82, 2.24) is 25.1 Å². The molecule has 0 radical (unpaired) electrons. The number of likely N-dealkylation sites (tertiary alicyclic amines) is 1. The van der Waals surface area contributed by atoms with Crippen LogP contribution in [0.3, 0.4) is 0 Å². The molecule has 0 bridgehead atoms. The van der Waals surface area contributed by atoms with Gasteiger partial charge in [0.1, 0.15) is 11.5 Å². The smallest absolute Gasteiger partial charge is 0.273 e. The summed E-state index contributed by atoms with van der Waals surface area (Å²) < 4.78 is 6.31. The molecule has 0 aromatic carbocycles. The Hall–Kier alpha value is -2.49. The molecule has 3 N–H and O–H groups in total. The number of aromatic nitrogens is 4. The number of ether oxygens (including phenoxy) is 1. The first-order valence-electron chi connectivity index (χ1n) is 9.39. The van der Waals surface area contributed by atoms with Crippen molar-refractivity contribution < 1.29 is 9.53 Å². The van der Waals surface area contributed by atoms with Crippen LogP contribution >= 0.6 is 22.9 Å². The molecule has 1 saturated heterocycles. The molecule has 0 saturated carbocycles. The molecule has 3 aromatic heterocycles. The van der Waals surface area contributed by atoms with Crippen molar-refractivity contribution in [1.29, 1.82) is 0 Å². The lowest BCUT2D eigenvalue weighted by Crippen LogP contribution is -2.48. The second-order valence-corrected chi connectivity index (χ2v) is 8.80. The Morgan fingerprint density at radius 2 is 2.10 bits per heavy atom. The molecular weight excluding hydrogens is 412 g/mol. The van der Waals surface area contributed by atoms with Crippen LogP contribution < -0.4 is 5.73 Å². The maximum atomic E-state index is 12.7. The van der Waals surface area contributed by atoms with Crippen molar-refractivity contribution in [2.75, 3.05) is 25.4 Å². The van der Waals surface area contributed by atoms with E-state index in [-0.39, 0.29) is 11.5 Å². The minimum Gasteiger partial charge on any atom is -0.382 e.